The molecule has 0 amide bonds. The SMILES string of the molecule is CCNC(=NCc1nncn1CC)NCCOCC. The van der Waals surface area contributed by atoms with Crippen molar-refractivity contribution < 1.29 is 4.74 Å². The van der Waals surface area contributed by atoms with Crippen LogP contribution in [0.5, 0.6) is 0 Å². The van der Waals surface area contributed by atoms with Gasteiger partial charge in [-0.25, -0.2) is 4.99 Å². The number of rotatable bonds is 8. The second-order valence-corrected chi connectivity index (χ2v) is 3.85. The predicted octanol–water partition coefficient (Wildman–Crippen LogP) is 0.390. The highest BCUT2D eigenvalue weighted by molar-refractivity contribution is 5.79. The summed E-state index contributed by atoms with van der Waals surface area (Å²) < 4.78 is 7.26. The van der Waals surface area contributed by atoms with Crippen LogP contribution in [0, 0.1) is 0 Å². The van der Waals surface area contributed by atoms with Crippen LogP contribution in [-0.4, -0.2) is 47.0 Å². The minimum Gasteiger partial charge on any atom is -0.380 e. The van der Waals surface area contributed by atoms with Crippen LogP contribution in [-0.2, 0) is 17.8 Å². The zero-order valence-corrected chi connectivity index (χ0v) is 12.0. The van der Waals surface area contributed by atoms with Gasteiger partial charge in [0, 0.05) is 26.2 Å². The number of nitrogens with zero attached hydrogens (tertiary/aromatic N) is 4. The van der Waals surface area contributed by atoms with Crippen molar-refractivity contribution in [3.8, 4) is 0 Å². The molecule has 0 aliphatic carbocycles. The van der Waals surface area contributed by atoms with Crippen LogP contribution in [0.2, 0.25) is 0 Å². The normalized spacial score (nSPS) is 11.6. The molecule has 0 bridgehead atoms. The minimum absolute atomic E-state index is 0.512. The smallest absolute Gasteiger partial charge is 0.191 e. The summed E-state index contributed by atoms with van der Waals surface area (Å²) >= 11 is 0. The first-order chi connectivity index (χ1) is 9.31. The Hall–Kier alpha value is -1.63. The molecule has 0 saturated heterocycles. The van der Waals surface area contributed by atoms with Crippen LogP contribution in [0.4, 0.5) is 0 Å². The van der Waals surface area contributed by atoms with Gasteiger partial charge in [0.15, 0.2) is 11.8 Å². The molecule has 0 aliphatic heterocycles. The van der Waals surface area contributed by atoms with E-state index in [4.69, 9.17) is 4.74 Å². The molecule has 0 unspecified atom stereocenters. The van der Waals surface area contributed by atoms with Gasteiger partial charge in [-0.2, -0.15) is 0 Å². The lowest BCUT2D eigenvalue weighted by molar-refractivity contribution is 0.152. The average molecular weight is 268 g/mol. The van der Waals surface area contributed by atoms with Gasteiger partial charge < -0.3 is 19.9 Å². The summed E-state index contributed by atoms with van der Waals surface area (Å²) in [7, 11) is 0. The Balaban J connectivity index is 2.47. The number of aromatic nitrogens is 3. The van der Waals surface area contributed by atoms with Gasteiger partial charge in [-0.3, -0.25) is 0 Å². The first-order valence-corrected chi connectivity index (χ1v) is 6.78. The van der Waals surface area contributed by atoms with Crippen molar-refractivity contribution in [3.63, 3.8) is 0 Å². The first kappa shape index (κ1) is 15.4. The quantitative estimate of drug-likeness (QED) is 0.405. The molecule has 1 heterocycles. The molecule has 1 aromatic rings. The third-order valence-electron chi connectivity index (χ3n) is 2.50. The van der Waals surface area contributed by atoms with Crippen LogP contribution in [0.25, 0.3) is 0 Å². The molecule has 7 heteroatoms. The van der Waals surface area contributed by atoms with Gasteiger partial charge >= 0.3 is 0 Å². The topological polar surface area (TPSA) is 76.4 Å². The fraction of sp³-hybridized carbons (Fsp3) is 0.750. The van der Waals surface area contributed by atoms with Crippen LogP contribution in [0.1, 0.15) is 26.6 Å². The molecule has 108 valence electrons. The summed E-state index contributed by atoms with van der Waals surface area (Å²) in [6, 6.07) is 0. The van der Waals surface area contributed by atoms with Crippen LogP contribution in [0.3, 0.4) is 0 Å². The second-order valence-electron chi connectivity index (χ2n) is 3.85. The van der Waals surface area contributed by atoms with E-state index in [-0.39, 0.29) is 0 Å². The molecular formula is C12H24N6O. The third kappa shape index (κ3) is 5.69. The molecule has 0 spiro atoms. The van der Waals surface area contributed by atoms with Crippen molar-refractivity contribution in [2.24, 2.45) is 4.99 Å². The van der Waals surface area contributed by atoms with E-state index in [2.05, 4.69) is 32.7 Å². The lowest BCUT2D eigenvalue weighted by Gasteiger charge is -2.11. The van der Waals surface area contributed by atoms with E-state index in [9.17, 15) is 0 Å². The maximum absolute atomic E-state index is 5.28. The fourth-order valence-electron chi connectivity index (χ4n) is 1.54. The molecule has 0 radical (unpaired) electrons. The van der Waals surface area contributed by atoms with Gasteiger partial charge in [0.1, 0.15) is 12.9 Å². The lowest BCUT2D eigenvalue weighted by Crippen LogP contribution is -2.39. The molecular weight excluding hydrogens is 244 g/mol. The Morgan fingerprint density at radius 3 is 2.89 bits per heavy atom. The van der Waals surface area contributed by atoms with Crippen molar-refractivity contribution in [1.29, 1.82) is 0 Å². The Morgan fingerprint density at radius 1 is 1.37 bits per heavy atom. The molecule has 7 nitrogen and oxygen atoms in total. The van der Waals surface area contributed by atoms with Crippen molar-refractivity contribution in [2.45, 2.75) is 33.9 Å². The number of aryl methyl sites for hydroxylation is 1. The van der Waals surface area contributed by atoms with Gasteiger partial charge in [0.25, 0.3) is 0 Å². The number of ether oxygens (including phenoxy) is 1. The van der Waals surface area contributed by atoms with Crippen molar-refractivity contribution in [1.82, 2.24) is 25.4 Å². The van der Waals surface area contributed by atoms with Crippen LogP contribution >= 0.6 is 0 Å². The van der Waals surface area contributed by atoms with E-state index >= 15 is 0 Å². The zero-order valence-electron chi connectivity index (χ0n) is 12.0. The molecule has 19 heavy (non-hydrogen) atoms. The Morgan fingerprint density at radius 2 is 2.21 bits per heavy atom. The maximum atomic E-state index is 5.28. The van der Waals surface area contributed by atoms with Gasteiger partial charge in [0.2, 0.25) is 0 Å². The van der Waals surface area contributed by atoms with Gasteiger partial charge in [0.05, 0.1) is 6.61 Å². The van der Waals surface area contributed by atoms with Crippen molar-refractivity contribution in [3.05, 3.63) is 12.2 Å². The third-order valence-corrected chi connectivity index (χ3v) is 2.50. The van der Waals surface area contributed by atoms with Gasteiger partial charge in [-0.05, 0) is 20.8 Å². The van der Waals surface area contributed by atoms with E-state index in [1.165, 1.54) is 0 Å². The molecule has 0 saturated carbocycles. The minimum atomic E-state index is 0.512. The largest absolute Gasteiger partial charge is 0.380 e. The van der Waals surface area contributed by atoms with Crippen LogP contribution in [0.15, 0.2) is 11.3 Å². The highest BCUT2D eigenvalue weighted by Gasteiger charge is 2.02. The molecule has 0 aliphatic rings. The van der Waals surface area contributed by atoms with Crippen molar-refractivity contribution >= 4 is 5.96 Å². The number of guanidine groups is 1. The summed E-state index contributed by atoms with van der Waals surface area (Å²) in [6.07, 6.45) is 1.72. The monoisotopic (exact) mass is 268 g/mol. The summed E-state index contributed by atoms with van der Waals surface area (Å²) in [5, 5.41) is 14.3. The Kier molecular flexibility index (Phi) is 7.57. The summed E-state index contributed by atoms with van der Waals surface area (Å²) in [4.78, 5) is 4.48. The number of hydrogen-bond donors (Lipinski definition) is 2. The molecule has 0 atom stereocenters. The van der Waals surface area contributed by atoms with Gasteiger partial charge in [-0.15, -0.1) is 10.2 Å². The summed E-state index contributed by atoms with van der Waals surface area (Å²) in [6.45, 7) is 10.4. The predicted molar refractivity (Wildman–Crippen MR) is 75.0 cm³/mol. The molecule has 2 N–H and O–H groups in total. The Bertz CT molecular complexity index is 376. The Labute approximate surface area is 114 Å². The molecule has 1 rings (SSSR count). The van der Waals surface area contributed by atoms with E-state index in [0.717, 1.165) is 38.0 Å². The van der Waals surface area contributed by atoms with E-state index in [0.29, 0.717) is 13.2 Å². The van der Waals surface area contributed by atoms with E-state index in [1.807, 2.05) is 18.4 Å². The van der Waals surface area contributed by atoms with E-state index in [1.54, 1.807) is 6.33 Å². The highest BCUT2D eigenvalue weighted by Crippen LogP contribution is 1.96. The molecule has 1 aromatic heterocycles. The molecule has 0 fully saturated rings. The van der Waals surface area contributed by atoms with Crippen molar-refractivity contribution in [2.75, 3.05) is 26.3 Å². The second kappa shape index (κ2) is 9.32. The first-order valence-electron chi connectivity index (χ1n) is 6.78. The number of aliphatic imine (C=N–C) groups is 1. The number of nitrogens with one attached hydrogen (secondary N) is 2. The highest BCUT2D eigenvalue weighted by atomic mass is 16.5. The zero-order chi connectivity index (χ0) is 13.9. The fourth-order valence-corrected chi connectivity index (χ4v) is 1.54. The summed E-state index contributed by atoms with van der Waals surface area (Å²) in [5.74, 6) is 1.64. The van der Waals surface area contributed by atoms with E-state index < -0.39 is 0 Å². The number of hydrogen-bond acceptors (Lipinski definition) is 4. The van der Waals surface area contributed by atoms with Crippen LogP contribution < -0.4 is 10.6 Å². The average Bonchev–Trinajstić information content (AvgIpc) is 2.88. The summed E-state index contributed by atoms with van der Waals surface area (Å²) in [5.41, 5.74) is 0. The van der Waals surface area contributed by atoms with Gasteiger partial charge in [-0.1, -0.05) is 0 Å². The lowest BCUT2D eigenvalue weighted by atomic mass is 10.5. The standard InChI is InChI=1S/C12H24N6O/c1-4-13-12(14-7-8-19-6-3)15-9-11-17-16-10-18(11)5-2/h10H,4-9H2,1-3H3,(H2,13,14,15). The molecule has 0 aromatic carbocycles. The maximum Gasteiger partial charge on any atom is 0.191 e.